The van der Waals surface area contributed by atoms with Gasteiger partial charge in [-0.25, -0.2) is 13.1 Å². The van der Waals surface area contributed by atoms with E-state index < -0.39 is 22.5 Å². The molecule has 2 rings (SSSR count). The van der Waals surface area contributed by atoms with Gasteiger partial charge in [0.15, 0.2) is 0 Å². The van der Waals surface area contributed by atoms with Gasteiger partial charge in [0.1, 0.15) is 5.75 Å². The summed E-state index contributed by atoms with van der Waals surface area (Å²) in [4.78, 5) is 23.2. The van der Waals surface area contributed by atoms with Crippen LogP contribution in [0.1, 0.15) is 6.92 Å². The fourth-order valence-corrected chi connectivity index (χ4v) is 3.53. The Morgan fingerprint density at radius 3 is 2.41 bits per heavy atom. The summed E-state index contributed by atoms with van der Waals surface area (Å²) in [5, 5.41) is 5.10. The van der Waals surface area contributed by atoms with Crippen molar-refractivity contribution in [2.45, 2.75) is 11.8 Å². The summed E-state index contributed by atoms with van der Waals surface area (Å²) in [5.41, 5.74) is 0.740. The molecule has 0 aliphatic heterocycles. The van der Waals surface area contributed by atoms with Gasteiger partial charge in [0.2, 0.25) is 21.8 Å². The van der Waals surface area contributed by atoms with Gasteiger partial charge in [-0.3, -0.25) is 9.59 Å². The topological polar surface area (TPSA) is 114 Å². The van der Waals surface area contributed by atoms with Crippen LogP contribution in [0.4, 0.5) is 11.4 Å². The number of sulfonamides is 1. The first-order valence-electron chi connectivity index (χ1n) is 7.72. The zero-order valence-electron chi connectivity index (χ0n) is 14.6. The Hall–Kier alpha value is -2.43. The SMILES string of the molecule is COc1ccc(S(=O)(=O)NCC(=O)Nc2ccccc2Br)cc1NC(C)=O. The lowest BCUT2D eigenvalue weighted by Crippen LogP contribution is -2.33. The number of hydrogen-bond acceptors (Lipinski definition) is 5. The Labute approximate surface area is 165 Å². The third kappa shape index (κ3) is 5.78. The van der Waals surface area contributed by atoms with Crippen molar-refractivity contribution in [2.24, 2.45) is 0 Å². The molecule has 0 radical (unpaired) electrons. The van der Waals surface area contributed by atoms with E-state index in [1.165, 1.54) is 32.2 Å². The number of anilines is 2. The molecule has 0 heterocycles. The zero-order chi connectivity index (χ0) is 20.0. The normalized spacial score (nSPS) is 10.9. The van der Waals surface area contributed by atoms with Gasteiger partial charge in [-0.1, -0.05) is 12.1 Å². The van der Waals surface area contributed by atoms with Crippen LogP contribution in [0, 0.1) is 0 Å². The third-order valence-electron chi connectivity index (χ3n) is 3.36. The van der Waals surface area contributed by atoms with Gasteiger partial charge in [-0.2, -0.15) is 0 Å². The number of nitrogens with one attached hydrogen (secondary N) is 3. The second-order valence-corrected chi connectivity index (χ2v) is 8.02. The first-order chi connectivity index (χ1) is 12.7. The Morgan fingerprint density at radius 1 is 1.07 bits per heavy atom. The van der Waals surface area contributed by atoms with Crippen molar-refractivity contribution in [3.63, 3.8) is 0 Å². The Balaban J connectivity index is 2.11. The molecule has 0 atom stereocenters. The van der Waals surface area contributed by atoms with Gasteiger partial charge in [0.05, 0.1) is 29.9 Å². The monoisotopic (exact) mass is 455 g/mol. The van der Waals surface area contributed by atoms with Crippen LogP contribution < -0.4 is 20.1 Å². The smallest absolute Gasteiger partial charge is 0.241 e. The van der Waals surface area contributed by atoms with E-state index in [1.54, 1.807) is 24.3 Å². The number of benzene rings is 2. The van der Waals surface area contributed by atoms with Crippen molar-refractivity contribution in [2.75, 3.05) is 24.3 Å². The largest absolute Gasteiger partial charge is 0.495 e. The lowest BCUT2D eigenvalue weighted by atomic mass is 10.3. The summed E-state index contributed by atoms with van der Waals surface area (Å²) in [7, 11) is -2.57. The summed E-state index contributed by atoms with van der Waals surface area (Å²) < 4.78 is 32.9. The minimum absolute atomic E-state index is 0.110. The molecule has 0 bridgehead atoms. The number of methoxy groups -OCH3 is 1. The molecule has 144 valence electrons. The molecule has 27 heavy (non-hydrogen) atoms. The quantitative estimate of drug-likeness (QED) is 0.592. The maximum atomic E-state index is 12.4. The Kier molecular flexibility index (Phi) is 6.94. The molecule has 0 unspecified atom stereocenters. The van der Waals surface area contributed by atoms with Gasteiger partial charge in [-0.15, -0.1) is 0 Å². The van der Waals surface area contributed by atoms with Crippen LogP contribution in [0.25, 0.3) is 0 Å². The number of ether oxygens (including phenoxy) is 1. The minimum Gasteiger partial charge on any atom is -0.495 e. The molecule has 0 saturated heterocycles. The minimum atomic E-state index is -3.97. The fraction of sp³-hybridized carbons (Fsp3) is 0.176. The van der Waals surface area contributed by atoms with Crippen molar-refractivity contribution in [1.29, 1.82) is 0 Å². The number of carbonyl (C=O) groups excluding carboxylic acids is 2. The maximum absolute atomic E-state index is 12.4. The number of halogens is 1. The summed E-state index contributed by atoms with van der Waals surface area (Å²) in [6.45, 7) is 0.843. The summed E-state index contributed by atoms with van der Waals surface area (Å²) in [6, 6.07) is 11.0. The molecular formula is C17H18BrN3O5S. The van der Waals surface area contributed by atoms with Crippen LogP contribution in [-0.2, 0) is 19.6 Å². The molecule has 0 aliphatic carbocycles. The molecular weight excluding hydrogens is 438 g/mol. The van der Waals surface area contributed by atoms with E-state index in [-0.39, 0.29) is 16.5 Å². The van der Waals surface area contributed by atoms with Crippen LogP contribution in [0.2, 0.25) is 0 Å². The Morgan fingerprint density at radius 2 is 1.78 bits per heavy atom. The molecule has 0 saturated carbocycles. The highest BCUT2D eigenvalue weighted by Gasteiger charge is 2.18. The van der Waals surface area contributed by atoms with E-state index >= 15 is 0 Å². The van der Waals surface area contributed by atoms with Crippen molar-refractivity contribution >= 4 is 49.1 Å². The third-order valence-corrected chi connectivity index (χ3v) is 5.45. The average molecular weight is 456 g/mol. The van der Waals surface area contributed by atoms with Crippen molar-refractivity contribution in [1.82, 2.24) is 4.72 Å². The number of hydrogen-bond donors (Lipinski definition) is 3. The van der Waals surface area contributed by atoms with Crippen LogP contribution >= 0.6 is 15.9 Å². The highest BCUT2D eigenvalue weighted by Crippen LogP contribution is 2.27. The number of para-hydroxylation sites is 1. The number of carbonyl (C=O) groups is 2. The molecule has 3 N–H and O–H groups in total. The molecule has 10 heteroatoms. The van der Waals surface area contributed by atoms with Gasteiger partial charge >= 0.3 is 0 Å². The van der Waals surface area contributed by atoms with E-state index in [2.05, 4.69) is 31.3 Å². The Bertz CT molecular complexity index is 963. The first-order valence-corrected chi connectivity index (χ1v) is 10.00. The summed E-state index contributed by atoms with van der Waals surface area (Å²) >= 11 is 3.29. The van der Waals surface area contributed by atoms with E-state index in [9.17, 15) is 18.0 Å². The molecule has 2 aromatic rings. The molecule has 0 spiro atoms. The highest BCUT2D eigenvalue weighted by molar-refractivity contribution is 9.10. The van der Waals surface area contributed by atoms with Crippen molar-refractivity contribution in [3.8, 4) is 5.75 Å². The van der Waals surface area contributed by atoms with Gasteiger partial charge in [0, 0.05) is 11.4 Å². The van der Waals surface area contributed by atoms with E-state index in [0.717, 1.165) is 0 Å². The molecule has 2 aromatic carbocycles. The molecule has 2 amide bonds. The second-order valence-electron chi connectivity index (χ2n) is 5.40. The molecule has 8 nitrogen and oxygen atoms in total. The lowest BCUT2D eigenvalue weighted by molar-refractivity contribution is -0.115. The van der Waals surface area contributed by atoms with Crippen LogP contribution in [0.5, 0.6) is 5.75 Å². The van der Waals surface area contributed by atoms with Crippen LogP contribution in [0.3, 0.4) is 0 Å². The second kappa shape index (κ2) is 8.98. The predicted octanol–water partition coefficient (Wildman–Crippen LogP) is 2.33. The number of amides is 2. The summed E-state index contributed by atoms with van der Waals surface area (Å²) in [6.07, 6.45) is 0. The fourth-order valence-electron chi connectivity index (χ4n) is 2.14. The molecule has 0 fully saturated rings. The van der Waals surface area contributed by atoms with Gasteiger partial charge in [-0.05, 0) is 46.3 Å². The van der Waals surface area contributed by atoms with Crippen molar-refractivity contribution in [3.05, 3.63) is 46.9 Å². The number of rotatable bonds is 7. The van der Waals surface area contributed by atoms with Crippen LogP contribution in [0.15, 0.2) is 51.8 Å². The molecule has 0 aromatic heterocycles. The van der Waals surface area contributed by atoms with Gasteiger partial charge in [0.25, 0.3) is 0 Å². The standard InChI is InChI=1S/C17H18BrN3O5S/c1-11(22)20-15-9-12(7-8-16(15)26-2)27(24,25)19-10-17(23)21-14-6-4-3-5-13(14)18/h3-9,19H,10H2,1-2H3,(H,20,22)(H,21,23). The highest BCUT2D eigenvalue weighted by atomic mass is 79.9. The maximum Gasteiger partial charge on any atom is 0.241 e. The summed E-state index contributed by atoms with van der Waals surface area (Å²) in [5.74, 6) is -0.583. The predicted molar refractivity (Wildman–Crippen MR) is 105 cm³/mol. The van der Waals surface area contributed by atoms with Crippen molar-refractivity contribution < 1.29 is 22.7 Å². The van der Waals surface area contributed by atoms with E-state index in [4.69, 9.17) is 4.74 Å². The van der Waals surface area contributed by atoms with E-state index in [1.807, 2.05) is 0 Å². The van der Waals surface area contributed by atoms with Gasteiger partial charge < -0.3 is 15.4 Å². The lowest BCUT2D eigenvalue weighted by Gasteiger charge is -2.12. The van der Waals surface area contributed by atoms with Crippen LogP contribution in [-0.4, -0.2) is 33.9 Å². The van der Waals surface area contributed by atoms with E-state index in [0.29, 0.717) is 15.9 Å². The molecule has 0 aliphatic rings. The zero-order valence-corrected chi connectivity index (χ0v) is 17.0. The average Bonchev–Trinajstić information content (AvgIpc) is 2.61. The first kappa shape index (κ1) is 20.9.